The van der Waals surface area contributed by atoms with Crippen LogP contribution in [0.3, 0.4) is 0 Å². The van der Waals surface area contributed by atoms with E-state index in [4.69, 9.17) is 14.7 Å². The SMILES string of the molecule is Cc1csc2c(N[C@@H](C)CC3CCN(C(=O)OC(C)(C)C)CC3)nc(C3CC3)nc12. The number of piperidine rings is 1. The van der Waals surface area contributed by atoms with Crippen LogP contribution in [0, 0.1) is 12.8 Å². The average Bonchev–Trinajstić information content (AvgIpc) is 3.45. The van der Waals surface area contributed by atoms with Crippen molar-refractivity contribution in [3.8, 4) is 0 Å². The number of fused-ring (bicyclic) bond motifs is 1. The van der Waals surface area contributed by atoms with E-state index in [-0.39, 0.29) is 6.09 Å². The Kier molecular flexibility index (Phi) is 5.93. The van der Waals surface area contributed by atoms with Gasteiger partial charge in [-0.25, -0.2) is 14.8 Å². The maximum absolute atomic E-state index is 12.3. The number of aryl methyl sites for hydroxylation is 1. The molecule has 164 valence electrons. The van der Waals surface area contributed by atoms with Crippen molar-refractivity contribution >= 4 is 33.5 Å². The summed E-state index contributed by atoms with van der Waals surface area (Å²) in [5, 5.41) is 5.87. The third-order valence-electron chi connectivity index (χ3n) is 5.89. The molecular weight excluding hydrogens is 396 g/mol. The molecule has 2 fully saturated rings. The fourth-order valence-corrected chi connectivity index (χ4v) is 5.08. The van der Waals surface area contributed by atoms with Gasteiger partial charge in [0.25, 0.3) is 0 Å². The Labute approximate surface area is 183 Å². The van der Waals surface area contributed by atoms with Gasteiger partial charge in [-0.15, -0.1) is 11.3 Å². The van der Waals surface area contributed by atoms with Crippen LogP contribution in [-0.2, 0) is 4.74 Å². The van der Waals surface area contributed by atoms with Gasteiger partial charge in [0, 0.05) is 25.0 Å². The van der Waals surface area contributed by atoms with Gasteiger partial charge in [0.05, 0.1) is 10.2 Å². The quantitative estimate of drug-likeness (QED) is 0.657. The minimum atomic E-state index is -0.436. The summed E-state index contributed by atoms with van der Waals surface area (Å²) in [6.45, 7) is 11.7. The molecule has 0 unspecified atom stereocenters. The highest BCUT2D eigenvalue weighted by Crippen LogP contribution is 2.41. The molecule has 0 radical (unpaired) electrons. The molecule has 4 rings (SSSR count). The van der Waals surface area contributed by atoms with Crippen LogP contribution < -0.4 is 5.32 Å². The number of hydrogen-bond donors (Lipinski definition) is 1. The second kappa shape index (κ2) is 8.33. The lowest BCUT2D eigenvalue weighted by Crippen LogP contribution is -2.42. The lowest BCUT2D eigenvalue weighted by molar-refractivity contribution is 0.0180. The van der Waals surface area contributed by atoms with Crippen molar-refractivity contribution in [1.29, 1.82) is 0 Å². The summed E-state index contributed by atoms with van der Waals surface area (Å²) in [6.07, 6.45) is 5.36. The summed E-state index contributed by atoms with van der Waals surface area (Å²) in [4.78, 5) is 23.9. The number of likely N-dealkylation sites (tertiary alicyclic amines) is 1. The number of amides is 1. The van der Waals surface area contributed by atoms with Crippen LogP contribution in [0.15, 0.2) is 5.38 Å². The normalized spacial score (nSPS) is 19.2. The summed E-state index contributed by atoms with van der Waals surface area (Å²) in [7, 11) is 0. The van der Waals surface area contributed by atoms with E-state index in [0.29, 0.717) is 17.9 Å². The molecule has 1 saturated heterocycles. The zero-order chi connectivity index (χ0) is 21.5. The van der Waals surface area contributed by atoms with E-state index in [0.717, 1.165) is 49.5 Å². The van der Waals surface area contributed by atoms with E-state index in [1.165, 1.54) is 23.1 Å². The number of ether oxygens (including phenoxy) is 1. The van der Waals surface area contributed by atoms with Gasteiger partial charge < -0.3 is 15.0 Å². The van der Waals surface area contributed by atoms with Gasteiger partial charge >= 0.3 is 6.09 Å². The maximum Gasteiger partial charge on any atom is 0.410 e. The van der Waals surface area contributed by atoms with Gasteiger partial charge in [-0.3, -0.25) is 0 Å². The van der Waals surface area contributed by atoms with E-state index in [1.807, 2.05) is 25.7 Å². The van der Waals surface area contributed by atoms with Crippen molar-refractivity contribution < 1.29 is 9.53 Å². The van der Waals surface area contributed by atoms with Crippen LogP contribution in [0.25, 0.3) is 10.2 Å². The number of carbonyl (C=O) groups is 1. The molecule has 7 heteroatoms. The van der Waals surface area contributed by atoms with Crippen molar-refractivity contribution in [3.05, 3.63) is 16.8 Å². The van der Waals surface area contributed by atoms with E-state index in [9.17, 15) is 4.79 Å². The fourth-order valence-electron chi connectivity index (χ4n) is 4.14. The van der Waals surface area contributed by atoms with Crippen molar-refractivity contribution in [2.45, 2.75) is 84.3 Å². The van der Waals surface area contributed by atoms with Crippen molar-refractivity contribution in [2.24, 2.45) is 5.92 Å². The lowest BCUT2D eigenvalue weighted by atomic mass is 9.91. The van der Waals surface area contributed by atoms with Crippen LogP contribution in [0.2, 0.25) is 0 Å². The fraction of sp³-hybridized carbons (Fsp3) is 0.696. The molecule has 1 amide bonds. The summed E-state index contributed by atoms with van der Waals surface area (Å²) in [5.74, 6) is 3.15. The number of thiophene rings is 1. The summed E-state index contributed by atoms with van der Waals surface area (Å²) in [6, 6.07) is 0.329. The number of hydrogen-bond acceptors (Lipinski definition) is 6. The first-order valence-corrected chi connectivity index (χ1v) is 12.1. The predicted octanol–water partition coefficient (Wildman–Crippen LogP) is 5.71. The van der Waals surface area contributed by atoms with Gasteiger partial charge in [-0.05, 0) is 83.6 Å². The second-order valence-electron chi connectivity index (χ2n) is 9.99. The molecule has 1 saturated carbocycles. The Morgan fingerprint density at radius 1 is 1.27 bits per heavy atom. The molecule has 6 nitrogen and oxygen atoms in total. The minimum absolute atomic E-state index is 0.184. The largest absolute Gasteiger partial charge is 0.444 e. The van der Waals surface area contributed by atoms with Crippen LogP contribution in [0.1, 0.15) is 77.1 Å². The van der Waals surface area contributed by atoms with E-state index < -0.39 is 5.60 Å². The standard InChI is InChI=1S/C23H34N4O2S/c1-14-13-30-19-18(14)25-20(17-6-7-17)26-21(19)24-15(2)12-16-8-10-27(11-9-16)22(28)29-23(3,4)5/h13,15-17H,6-12H2,1-5H3,(H,24,25,26)/t15-/m0/s1. The molecule has 2 aromatic heterocycles. The first kappa shape index (κ1) is 21.3. The molecule has 1 aliphatic heterocycles. The van der Waals surface area contributed by atoms with E-state index in [1.54, 1.807) is 11.3 Å². The van der Waals surface area contributed by atoms with Gasteiger partial charge in [-0.2, -0.15) is 0 Å². The molecule has 1 N–H and O–H groups in total. The predicted molar refractivity (Wildman–Crippen MR) is 122 cm³/mol. The van der Waals surface area contributed by atoms with Gasteiger partial charge in [0.2, 0.25) is 0 Å². The van der Waals surface area contributed by atoms with Crippen LogP contribution in [-0.4, -0.2) is 45.7 Å². The number of nitrogens with zero attached hydrogens (tertiary/aromatic N) is 3. The molecule has 0 spiro atoms. The van der Waals surface area contributed by atoms with E-state index in [2.05, 4.69) is 24.5 Å². The smallest absolute Gasteiger partial charge is 0.410 e. The second-order valence-corrected chi connectivity index (χ2v) is 10.9. The van der Waals surface area contributed by atoms with Crippen LogP contribution in [0.5, 0.6) is 0 Å². The highest BCUT2D eigenvalue weighted by molar-refractivity contribution is 7.18. The Hall–Kier alpha value is -1.89. The van der Waals surface area contributed by atoms with Crippen LogP contribution in [0.4, 0.5) is 10.6 Å². The molecule has 2 aromatic rings. The molecule has 30 heavy (non-hydrogen) atoms. The molecule has 0 aromatic carbocycles. The van der Waals surface area contributed by atoms with Crippen molar-refractivity contribution in [3.63, 3.8) is 0 Å². The molecular formula is C23H34N4O2S. The minimum Gasteiger partial charge on any atom is -0.444 e. The van der Waals surface area contributed by atoms with Crippen molar-refractivity contribution in [1.82, 2.24) is 14.9 Å². The topological polar surface area (TPSA) is 67.4 Å². The zero-order valence-electron chi connectivity index (χ0n) is 18.8. The number of rotatable bonds is 5. The number of anilines is 1. The Morgan fingerprint density at radius 2 is 1.97 bits per heavy atom. The van der Waals surface area contributed by atoms with Gasteiger partial charge in [0.15, 0.2) is 0 Å². The summed E-state index contributed by atoms with van der Waals surface area (Å²) < 4.78 is 6.68. The number of nitrogens with one attached hydrogen (secondary N) is 1. The Morgan fingerprint density at radius 3 is 2.60 bits per heavy atom. The van der Waals surface area contributed by atoms with Crippen LogP contribution >= 0.6 is 11.3 Å². The monoisotopic (exact) mass is 430 g/mol. The highest BCUT2D eigenvalue weighted by Gasteiger charge is 2.30. The Balaban J connectivity index is 1.35. The summed E-state index contributed by atoms with van der Waals surface area (Å²) in [5.41, 5.74) is 1.91. The lowest BCUT2D eigenvalue weighted by Gasteiger charge is -2.34. The molecule has 1 aliphatic carbocycles. The third-order valence-corrected chi connectivity index (χ3v) is 6.98. The average molecular weight is 431 g/mol. The Bertz CT molecular complexity index is 908. The van der Waals surface area contributed by atoms with Gasteiger partial charge in [0.1, 0.15) is 17.2 Å². The third kappa shape index (κ3) is 5.05. The molecule has 2 aliphatic rings. The maximum atomic E-state index is 12.3. The molecule has 3 heterocycles. The number of aromatic nitrogens is 2. The number of carbonyl (C=O) groups excluding carboxylic acids is 1. The zero-order valence-corrected chi connectivity index (χ0v) is 19.6. The van der Waals surface area contributed by atoms with Crippen molar-refractivity contribution in [2.75, 3.05) is 18.4 Å². The van der Waals surface area contributed by atoms with E-state index >= 15 is 0 Å². The first-order chi connectivity index (χ1) is 14.2. The highest BCUT2D eigenvalue weighted by atomic mass is 32.1. The molecule has 1 atom stereocenters. The first-order valence-electron chi connectivity index (χ1n) is 11.2. The van der Waals surface area contributed by atoms with Gasteiger partial charge in [-0.1, -0.05) is 0 Å². The molecule has 0 bridgehead atoms. The summed E-state index contributed by atoms with van der Waals surface area (Å²) >= 11 is 1.73.